The van der Waals surface area contributed by atoms with Crippen LogP contribution in [-0.4, -0.2) is 38.0 Å². The van der Waals surface area contributed by atoms with E-state index < -0.39 is 0 Å². The lowest BCUT2D eigenvalue weighted by Gasteiger charge is -2.23. The van der Waals surface area contributed by atoms with Crippen LogP contribution in [0.4, 0.5) is 0 Å². The highest BCUT2D eigenvalue weighted by Gasteiger charge is 2.25. The summed E-state index contributed by atoms with van der Waals surface area (Å²) in [6, 6.07) is 12.7. The molecule has 0 fully saturated rings. The molecule has 2 aromatic rings. The van der Waals surface area contributed by atoms with Crippen LogP contribution >= 0.6 is 15.9 Å². The number of nitrogens with zero attached hydrogens (tertiary/aromatic N) is 2. The Bertz CT molecular complexity index is 787. The molecular formula is C20H23BrN2O2. The number of likely N-dealkylation sites (N-methyl/N-ethyl adjacent to an activating group) is 1. The summed E-state index contributed by atoms with van der Waals surface area (Å²) < 4.78 is 12.1. The highest BCUT2D eigenvalue weighted by Crippen LogP contribution is 2.34. The van der Waals surface area contributed by atoms with Crippen LogP contribution in [0.5, 0.6) is 11.5 Å². The van der Waals surface area contributed by atoms with Gasteiger partial charge in [0, 0.05) is 22.6 Å². The van der Waals surface area contributed by atoms with Crippen LogP contribution in [0.2, 0.25) is 0 Å². The molecule has 4 nitrogen and oxygen atoms in total. The number of ether oxygens (including phenoxy) is 2. The van der Waals surface area contributed by atoms with E-state index in [0.717, 1.165) is 45.7 Å². The van der Waals surface area contributed by atoms with Gasteiger partial charge in [-0.1, -0.05) is 35.0 Å². The molecule has 0 N–H and O–H groups in total. The average Bonchev–Trinajstić information content (AvgIpc) is 2.77. The first-order chi connectivity index (χ1) is 12.1. The summed E-state index contributed by atoms with van der Waals surface area (Å²) in [5.74, 6) is 1.49. The summed E-state index contributed by atoms with van der Waals surface area (Å²) >= 11 is 3.50. The highest BCUT2D eigenvalue weighted by molar-refractivity contribution is 9.10. The minimum atomic E-state index is 0.352. The maximum absolute atomic E-state index is 5.53. The lowest BCUT2D eigenvalue weighted by molar-refractivity contribution is 0.248. The van der Waals surface area contributed by atoms with E-state index in [4.69, 9.17) is 14.6 Å². The number of fused-ring (bicyclic) bond motifs is 1. The van der Waals surface area contributed by atoms with Crippen LogP contribution < -0.4 is 9.47 Å². The molecule has 1 aliphatic rings. The molecule has 1 unspecified atom stereocenters. The molecule has 132 valence electrons. The molecule has 1 heterocycles. The first-order valence-electron chi connectivity index (χ1n) is 8.40. The van der Waals surface area contributed by atoms with E-state index in [1.165, 1.54) is 5.56 Å². The topological polar surface area (TPSA) is 34.1 Å². The number of benzene rings is 2. The van der Waals surface area contributed by atoms with E-state index in [0.29, 0.717) is 6.04 Å². The Morgan fingerprint density at radius 1 is 1.12 bits per heavy atom. The zero-order chi connectivity index (χ0) is 18.0. The van der Waals surface area contributed by atoms with Gasteiger partial charge in [0.15, 0.2) is 11.5 Å². The quantitative estimate of drug-likeness (QED) is 0.755. The maximum atomic E-state index is 5.53. The van der Waals surface area contributed by atoms with Gasteiger partial charge in [0.1, 0.15) is 0 Å². The van der Waals surface area contributed by atoms with E-state index in [9.17, 15) is 0 Å². The minimum Gasteiger partial charge on any atom is -0.493 e. The van der Waals surface area contributed by atoms with Crippen molar-refractivity contribution >= 4 is 21.6 Å². The van der Waals surface area contributed by atoms with Crippen molar-refractivity contribution in [3.05, 3.63) is 57.6 Å². The van der Waals surface area contributed by atoms with Crippen LogP contribution in [0.1, 0.15) is 30.0 Å². The van der Waals surface area contributed by atoms with Crippen molar-refractivity contribution in [3.63, 3.8) is 0 Å². The number of hydrogen-bond donors (Lipinski definition) is 0. The third-order valence-electron chi connectivity index (χ3n) is 4.70. The number of hydrazone groups is 1. The predicted molar refractivity (Wildman–Crippen MR) is 105 cm³/mol. The van der Waals surface area contributed by atoms with E-state index in [-0.39, 0.29) is 0 Å². The fraction of sp³-hybridized carbons (Fsp3) is 0.350. The standard InChI is InChI=1S/C20H23BrN2O2/c1-5-16-10-14-11-18(24-3)19(25-4)12-17(14)20(22-23(16)2)13-6-8-15(21)9-7-13/h6-9,11-12,16H,5,10H2,1-4H3. The lowest BCUT2D eigenvalue weighted by atomic mass is 9.93. The van der Waals surface area contributed by atoms with Gasteiger partial charge in [-0.2, -0.15) is 5.10 Å². The first-order valence-corrected chi connectivity index (χ1v) is 9.19. The number of rotatable bonds is 4. The Balaban J connectivity index is 2.21. The lowest BCUT2D eigenvalue weighted by Crippen LogP contribution is -2.27. The molecule has 0 saturated heterocycles. The highest BCUT2D eigenvalue weighted by atomic mass is 79.9. The van der Waals surface area contributed by atoms with Gasteiger partial charge in [-0.3, -0.25) is 5.01 Å². The SMILES string of the molecule is CCC1Cc2cc(OC)c(OC)cc2C(c2ccc(Br)cc2)=NN1C. The molecule has 25 heavy (non-hydrogen) atoms. The molecule has 0 amide bonds. The van der Waals surface area contributed by atoms with Crippen molar-refractivity contribution < 1.29 is 9.47 Å². The first kappa shape index (κ1) is 17.8. The van der Waals surface area contributed by atoms with Crippen LogP contribution in [0, 0.1) is 0 Å². The van der Waals surface area contributed by atoms with Gasteiger partial charge < -0.3 is 9.47 Å². The summed E-state index contributed by atoms with van der Waals surface area (Å²) in [6.07, 6.45) is 1.95. The predicted octanol–water partition coefficient (Wildman–Crippen LogP) is 4.49. The van der Waals surface area contributed by atoms with Gasteiger partial charge in [0.25, 0.3) is 0 Å². The van der Waals surface area contributed by atoms with Gasteiger partial charge in [0.2, 0.25) is 0 Å². The summed E-state index contributed by atoms with van der Waals surface area (Å²) in [6.45, 7) is 2.20. The van der Waals surface area contributed by atoms with E-state index in [2.05, 4.69) is 46.1 Å². The molecule has 3 rings (SSSR count). The zero-order valence-corrected chi connectivity index (χ0v) is 16.6. The monoisotopic (exact) mass is 402 g/mol. The van der Waals surface area contributed by atoms with E-state index in [1.54, 1.807) is 14.2 Å². The van der Waals surface area contributed by atoms with Crippen LogP contribution in [-0.2, 0) is 6.42 Å². The van der Waals surface area contributed by atoms with Crippen LogP contribution in [0.3, 0.4) is 0 Å². The van der Waals surface area contributed by atoms with Crippen molar-refractivity contribution in [2.45, 2.75) is 25.8 Å². The smallest absolute Gasteiger partial charge is 0.161 e. The Morgan fingerprint density at radius 3 is 2.36 bits per heavy atom. The van der Waals surface area contributed by atoms with Gasteiger partial charge in [-0.05, 0) is 42.7 Å². The largest absolute Gasteiger partial charge is 0.493 e. The molecular weight excluding hydrogens is 380 g/mol. The second-order valence-electron chi connectivity index (χ2n) is 6.16. The Labute approximate surface area is 157 Å². The van der Waals surface area contributed by atoms with Gasteiger partial charge in [0.05, 0.1) is 26.0 Å². The summed E-state index contributed by atoms with van der Waals surface area (Å²) in [5.41, 5.74) is 4.38. The van der Waals surface area contributed by atoms with Gasteiger partial charge >= 0.3 is 0 Å². The molecule has 0 saturated carbocycles. The van der Waals surface area contributed by atoms with Crippen LogP contribution in [0.25, 0.3) is 0 Å². The summed E-state index contributed by atoms with van der Waals surface area (Å²) in [5, 5.41) is 7.02. The molecule has 0 aliphatic carbocycles. The molecule has 1 atom stereocenters. The fourth-order valence-electron chi connectivity index (χ4n) is 3.22. The van der Waals surface area contributed by atoms with E-state index in [1.807, 2.05) is 25.2 Å². The summed E-state index contributed by atoms with van der Waals surface area (Å²) in [7, 11) is 5.39. The molecule has 1 aliphatic heterocycles. The molecule has 0 spiro atoms. The third-order valence-corrected chi connectivity index (χ3v) is 5.22. The minimum absolute atomic E-state index is 0.352. The fourth-order valence-corrected chi connectivity index (χ4v) is 3.48. The molecule has 2 aromatic carbocycles. The molecule has 0 radical (unpaired) electrons. The molecule has 5 heteroatoms. The van der Waals surface area contributed by atoms with Crippen molar-refractivity contribution in [2.24, 2.45) is 5.10 Å². The molecule has 0 bridgehead atoms. The second-order valence-corrected chi connectivity index (χ2v) is 7.08. The molecule has 0 aromatic heterocycles. The zero-order valence-electron chi connectivity index (χ0n) is 15.0. The number of hydrogen-bond acceptors (Lipinski definition) is 4. The Morgan fingerprint density at radius 2 is 1.76 bits per heavy atom. The Hall–Kier alpha value is -2.01. The van der Waals surface area contributed by atoms with Crippen molar-refractivity contribution in [1.82, 2.24) is 5.01 Å². The van der Waals surface area contributed by atoms with Crippen molar-refractivity contribution in [2.75, 3.05) is 21.3 Å². The van der Waals surface area contributed by atoms with Crippen molar-refractivity contribution in [3.8, 4) is 11.5 Å². The number of methoxy groups -OCH3 is 2. The average molecular weight is 403 g/mol. The van der Waals surface area contributed by atoms with Gasteiger partial charge in [-0.25, -0.2) is 0 Å². The van der Waals surface area contributed by atoms with Crippen LogP contribution in [0.15, 0.2) is 46.0 Å². The number of halogens is 1. The normalized spacial score (nSPS) is 16.8. The Kier molecular flexibility index (Phi) is 5.33. The van der Waals surface area contributed by atoms with E-state index >= 15 is 0 Å². The summed E-state index contributed by atoms with van der Waals surface area (Å²) in [4.78, 5) is 0. The van der Waals surface area contributed by atoms with Crippen molar-refractivity contribution in [1.29, 1.82) is 0 Å². The van der Waals surface area contributed by atoms with Gasteiger partial charge in [-0.15, -0.1) is 0 Å². The third kappa shape index (κ3) is 3.52. The second kappa shape index (κ2) is 7.48. The maximum Gasteiger partial charge on any atom is 0.161 e.